The van der Waals surface area contributed by atoms with Gasteiger partial charge in [-0.15, -0.1) is 0 Å². The molecule has 0 bridgehead atoms. The van der Waals surface area contributed by atoms with Crippen LogP contribution in [0.1, 0.15) is 22.9 Å². The molecule has 0 saturated heterocycles. The zero-order chi connectivity index (χ0) is 13.5. The van der Waals surface area contributed by atoms with Gasteiger partial charge in [0.2, 0.25) is 5.82 Å². The second kappa shape index (κ2) is 6.48. The first-order valence-corrected chi connectivity index (χ1v) is 5.93. The van der Waals surface area contributed by atoms with Gasteiger partial charge in [0, 0.05) is 31.6 Å². The van der Waals surface area contributed by atoms with Crippen molar-refractivity contribution in [3.8, 4) is 0 Å². The van der Waals surface area contributed by atoms with Crippen molar-refractivity contribution < 1.29 is 9.53 Å². The van der Waals surface area contributed by atoms with E-state index in [4.69, 9.17) is 0 Å². The summed E-state index contributed by atoms with van der Waals surface area (Å²) in [5.74, 6) is 1.08. The lowest BCUT2D eigenvalue weighted by molar-refractivity contribution is 0.0587. The molecule has 2 aromatic rings. The Kier molecular flexibility index (Phi) is 4.44. The molecule has 0 amide bonds. The third-order valence-electron chi connectivity index (χ3n) is 2.47. The van der Waals surface area contributed by atoms with Gasteiger partial charge in [0.1, 0.15) is 11.6 Å². The van der Waals surface area contributed by atoms with Crippen molar-refractivity contribution in [3.63, 3.8) is 0 Å². The lowest BCUT2D eigenvalue weighted by Crippen LogP contribution is -2.11. The Morgan fingerprint density at radius 1 is 1.42 bits per heavy atom. The van der Waals surface area contributed by atoms with Gasteiger partial charge < -0.3 is 15.0 Å². The normalized spacial score (nSPS) is 10.2. The van der Waals surface area contributed by atoms with Gasteiger partial charge in [-0.1, -0.05) is 0 Å². The van der Waals surface area contributed by atoms with Crippen LogP contribution in [0.3, 0.4) is 0 Å². The molecule has 100 valence electrons. The van der Waals surface area contributed by atoms with Gasteiger partial charge in [-0.25, -0.2) is 19.7 Å². The van der Waals surface area contributed by atoms with Crippen LogP contribution in [0.2, 0.25) is 0 Å². The van der Waals surface area contributed by atoms with Gasteiger partial charge in [-0.3, -0.25) is 0 Å². The maximum atomic E-state index is 11.3. The van der Waals surface area contributed by atoms with Crippen LogP contribution in [0.15, 0.2) is 24.7 Å². The minimum absolute atomic E-state index is 0.0542. The van der Waals surface area contributed by atoms with Crippen LogP contribution < -0.4 is 5.32 Å². The molecule has 2 heterocycles. The Labute approximate surface area is 110 Å². The summed E-state index contributed by atoms with van der Waals surface area (Å²) in [7, 11) is 1.30. The van der Waals surface area contributed by atoms with Crippen molar-refractivity contribution in [2.75, 3.05) is 19.0 Å². The van der Waals surface area contributed by atoms with E-state index < -0.39 is 5.97 Å². The minimum atomic E-state index is -0.542. The Morgan fingerprint density at radius 3 is 3.05 bits per heavy atom. The summed E-state index contributed by atoms with van der Waals surface area (Å²) in [6.45, 7) is 0.734. The van der Waals surface area contributed by atoms with Crippen molar-refractivity contribution in [2.24, 2.45) is 0 Å². The van der Waals surface area contributed by atoms with Crippen LogP contribution in [0.5, 0.6) is 0 Å². The average Bonchev–Trinajstić information content (AvgIpc) is 2.96. The quantitative estimate of drug-likeness (QED) is 0.596. The van der Waals surface area contributed by atoms with Gasteiger partial charge in [0.05, 0.1) is 7.11 Å². The van der Waals surface area contributed by atoms with Crippen molar-refractivity contribution >= 4 is 11.8 Å². The zero-order valence-corrected chi connectivity index (χ0v) is 10.6. The molecule has 0 aromatic carbocycles. The molecule has 2 rings (SSSR count). The van der Waals surface area contributed by atoms with E-state index in [9.17, 15) is 4.79 Å². The summed E-state index contributed by atoms with van der Waals surface area (Å²) in [6, 6.07) is 1.71. The number of anilines is 1. The molecule has 0 unspecified atom stereocenters. The lowest BCUT2D eigenvalue weighted by Gasteiger charge is -2.05. The van der Waals surface area contributed by atoms with Gasteiger partial charge in [0.15, 0.2) is 0 Å². The second-order valence-corrected chi connectivity index (χ2v) is 3.82. The van der Waals surface area contributed by atoms with Crippen molar-refractivity contribution in [1.82, 2.24) is 19.9 Å². The molecule has 0 radical (unpaired) electrons. The highest BCUT2D eigenvalue weighted by Gasteiger charge is 2.09. The van der Waals surface area contributed by atoms with E-state index in [1.807, 2.05) is 0 Å². The van der Waals surface area contributed by atoms with E-state index in [0.29, 0.717) is 5.82 Å². The number of aromatic amines is 1. The molecule has 19 heavy (non-hydrogen) atoms. The predicted molar refractivity (Wildman–Crippen MR) is 68.8 cm³/mol. The van der Waals surface area contributed by atoms with E-state index >= 15 is 0 Å². The fraction of sp³-hybridized carbons (Fsp3) is 0.333. The summed E-state index contributed by atoms with van der Waals surface area (Å²) >= 11 is 0. The molecule has 0 aliphatic rings. The van der Waals surface area contributed by atoms with Crippen LogP contribution in [-0.2, 0) is 11.2 Å². The number of hydrogen-bond donors (Lipinski definition) is 2. The Hall–Kier alpha value is -2.44. The topological polar surface area (TPSA) is 92.8 Å². The molecule has 0 aliphatic carbocycles. The number of rotatable bonds is 6. The fourth-order valence-corrected chi connectivity index (χ4v) is 1.55. The van der Waals surface area contributed by atoms with E-state index in [1.165, 1.54) is 13.3 Å². The minimum Gasteiger partial charge on any atom is -0.463 e. The number of aryl methyl sites for hydroxylation is 1. The Morgan fingerprint density at radius 2 is 2.32 bits per heavy atom. The first-order valence-electron chi connectivity index (χ1n) is 5.93. The van der Waals surface area contributed by atoms with Gasteiger partial charge in [0.25, 0.3) is 0 Å². The van der Waals surface area contributed by atoms with Gasteiger partial charge in [-0.05, 0) is 12.5 Å². The predicted octanol–water partition coefficient (Wildman–Crippen LogP) is 1.03. The van der Waals surface area contributed by atoms with Crippen LogP contribution in [0.25, 0.3) is 0 Å². The molecule has 2 aromatic heterocycles. The number of imidazole rings is 1. The SMILES string of the molecule is COC(=O)c1nccc(NCCCc2ncc[nH]2)n1. The van der Waals surface area contributed by atoms with Crippen LogP contribution >= 0.6 is 0 Å². The first kappa shape index (κ1) is 13.0. The monoisotopic (exact) mass is 261 g/mol. The number of esters is 1. The number of nitrogens with zero attached hydrogens (tertiary/aromatic N) is 3. The van der Waals surface area contributed by atoms with E-state index in [-0.39, 0.29) is 5.82 Å². The summed E-state index contributed by atoms with van der Waals surface area (Å²) in [4.78, 5) is 26.3. The number of ether oxygens (including phenoxy) is 1. The lowest BCUT2D eigenvalue weighted by atomic mass is 10.3. The summed E-state index contributed by atoms with van der Waals surface area (Å²) in [5, 5.41) is 3.13. The Bertz CT molecular complexity index is 527. The van der Waals surface area contributed by atoms with E-state index in [0.717, 1.165) is 25.2 Å². The van der Waals surface area contributed by atoms with Gasteiger partial charge in [-0.2, -0.15) is 0 Å². The van der Waals surface area contributed by atoms with Gasteiger partial charge >= 0.3 is 5.97 Å². The summed E-state index contributed by atoms with van der Waals surface area (Å²) in [6.07, 6.45) is 6.82. The number of nitrogens with one attached hydrogen (secondary N) is 2. The van der Waals surface area contributed by atoms with E-state index in [1.54, 1.807) is 18.5 Å². The highest BCUT2D eigenvalue weighted by atomic mass is 16.5. The number of aromatic nitrogens is 4. The van der Waals surface area contributed by atoms with Crippen LogP contribution in [0, 0.1) is 0 Å². The molecule has 2 N–H and O–H groups in total. The standard InChI is InChI=1S/C12H15N5O2/c1-19-12(18)11-16-6-4-10(17-11)13-5-2-3-9-14-7-8-15-9/h4,6-8H,2-3,5H2,1H3,(H,14,15)(H,13,16,17). The third kappa shape index (κ3) is 3.77. The van der Waals surface area contributed by atoms with Crippen molar-refractivity contribution in [1.29, 1.82) is 0 Å². The first-order chi connectivity index (χ1) is 9.29. The number of methoxy groups -OCH3 is 1. The molecular formula is C12H15N5O2. The molecule has 0 fully saturated rings. The smallest absolute Gasteiger partial charge is 0.376 e. The maximum Gasteiger partial charge on any atom is 0.376 e. The second-order valence-electron chi connectivity index (χ2n) is 3.82. The van der Waals surface area contributed by atoms with Crippen molar-refractivity contribution in [2.45, 2.75) is 12.8 Å². The molecule has 7 nitrogen and oxygen atoms in total. The average molecular weight is 261 g/mol. The number of H-pyrrole nitrogens is 1. The fourth-order valence-electron chi connectivity index (χ4n) is 1.55. The number of carbonyl (C=O) groups excluding carboxylic acids is 1. The number of carbonyl (C=O) groups is 1. The molecule has 0 spiro atoms. The Balaban J connectivity index is 1.81. The van der Waals surface area contributed by atoms with Crippen molar-refractivity contribution in [3.05, 3.63) is 36.3 Å². The highest BCUT2D eigenvalue weighted by Crippen LogP contribution is 2.03. The van der Waals surface area contributed by atoms with E-state index in [2.05, 4.69) is 30.0 Å². The molecule has 0 aliphatic heterocycles. The third-order valence-corrected chi connectivity index (χ3v) is 2.47. The highest BCUT2D eigenvalue weighted by molar-refractivity contribution is 5.85. The summed E-state index contributed by atoms with van der Waals surface area (Å²) < 4.78 is 4.56. The maximum absolute atomic E-state index is 11.3. The summed E-state index contributed by atoms with van der Waals surface area (Å²) in [5.41, 5.74) is 0. The number of hydrogen-bond acceptors (Lipinski definition) is 6. The molecule has 0 saturated carbocycles. The van der Waals surface area contributed by atoms with Crippen LogP contribution in [0.4, 0.5) is 5.82 Å². The molecular weight excluding hydrogens is 246 g/mol. The largest absolute Gasteiger partial charge is 0.463 e. The molecule has 7 heteroatoms. The van der Waals surface area contributed by atoms with Crippen LogP contribution in [-0.4, -0.2) is 39.6 Å². The zero-order valence-electron chi connectivity index (χ0n) is 10.6. The molecule has 0 atom stereocenters.